The number of aryl methyl sites for hydroxylation is 4. The number of rotatable bonds is 5. The highest BCUT2D eigenvalue weighted by Gasteiger charge is 2.32. The van der Waals surface area contributed by atoms with Crippen LogP contribution in [0.5, 0.6) is 51.7 Å². The summed E-state index contributed by atoms with van der Waals surface area (Å²) in [4.78, 5) is 0. The van der Waals surface area contributed by atoms with E-state index in [0.717, 1.165) is 45.3 Å². The molecule has 8 aromatic rings. The maximum atomic E-state index is 12.5. The van der Waals surface area contributed by atoms with Crippen LogP contribution >= 0.6 is 23.2 Å². The Morgan fingerprint density at radius 1 is 0.298 bits per heavy atom. The minimum atomic E-state index is -4.26. The van der Waals surface area contributed by atoms with Crippen molar-refractivity contribution < 1.29 is 57.3 Å². The molecule has 0 bridgehead atoms. The molecule has 0 aliphatic rings. The molecule has 0 aromatic heterocycles. The van der Waals surface area contributed by atoms with Crippen LogP contribution in [0.25, 0.3) is 0 Å². The summed E-state index contributed by atoms with van der Waals surface area (Å²) in [5.74, 6) is 5.19. The molecule has 0 aliphatic heterocycles. The van der Waals surface area contributed by atoms with Gasteiger partial charge in [0.2, 0.25) is 0 Å². The Morgan fingerprint density at radius 3 is 1.14 bits per heavy atom. The van der Waals surface area contributed by atoms with Crippen molar-refractivity contribution in [2.24, 2.45) is 0 Å². The zero-order valence-corrected chi connectivity index (χ0v) is 70.6. The number of para-hydroxylation sites is 2. The van der Waals surface area contributed by atoms with Crippen molar-refractivity contribution in [3.63, 3.8) is 0 Å². The fraction of sp³-hybridized carbons (Fsp3) is 0.467. The van der Waals surface area contributed by atoms with Gasteiger partial charge < -0.3 is 44.1 Å². The molecular weight excluding hydrogens is 1350 g/mol. The molecule has 104 heavy (non-hydrogen) atoms. The second-order valence-electron chi connectivity index (χ2n) is 34.2. The van der Waals surface area contributed by atoms with Gasteiger partial charge in [-0.05, 0) is 199 Å². The molecule has 0 saturated carbocycles. The number of hydrogen-bond acceptors (Lipinski definition) is 9. The lowest BCUT2D eigenvalue weighted by molar-refractivity contribution is -0.137. The van der Waals surface area contributed by atoms with E-state index < -0.39 is 11.7 Å². The van der Waals surface area contributed by atoms with Gasteiger partial charge in [-0.2, -0.15) is 13.2 Å². The van der Waals surface area contributed by atoms with Crippen LogP contribution in [0.1, 0.15) is 238 Å². The minimum absolute atomic E-state index is 0.0331. The van der Waals surface area contributed by atoms with Gasteiger partial charge in [0, 0.05) is 11.6 Å². The van der Waals surface area contributed by atoms with E-state index >= 15 is 0 Å². The van der Waals surface area contributed by atoms with Crippen LogP contribution in [0.15, 0.2) is 146 Å². The van der Waals surface area contributed by atoms with Gasteiger partial charge in [-0.3, -0.25) is 0 Å². The Bertz CT molecular complexity index is 3930. The van der Waals surface area contributed by atoms with Crippen LogP contribution < -0.4 is 23.7 Å². The fourth-order valence-corrected chi connectivity index (χ4v) is 10.5. The molecule has 9 nitrogen and oxygen atoms in total. The molecule has 0 atom stereocenters. The summed E-state index contributed by atoms with van der Waals surface area (Å²) in [5, 5.41) is 38.9. The topological polar surface area (TPSA) is 127 Å². The molecule has 14 heteroatoms. The first-order valence-corrected chi connectivity index (χ1v) is 35.8. The monoisotopic (exact) mass is 1480 g/mol. The molecule has 0 unspecified atom stereocenters. The third-order valence-corrected chi connectivity index (χ3v) is 17.2. The van der Waals surface area contributed by atoms with Gasteiger partial charge in [-0.25, -0.2) is 0 Å². The molecule has 8 rings (SSSR count). The number of ether oxygens (including phenoxy) is 5. The Balaban J connectivity index is 0.000000595. The van der Waals surface area contributed by atoms with Crippen molar-refractivity contribution in [3.05, 3.63) is 228 Å². The fourth-order valence-electron chi connectivity index (χ4n) is 10.2. The van der Waals surface area contributed by atoms with Crippen LogP contribution in [0.2, 0.25) is 10.0 Å². The molecule has 8 aromatic carbocycles. The first-order valence-electron chi connectivity index (χ1n) is 35.1. The summed E-state index contributed by atoms with van der Waals surface area (Å²) in [6, 6.07) is 44.5. The van der Waals surface area contributed by atoms with E-state index in [0.29, 0.717) is 27.1 Å². The van der Waals surface area contributed by atoms with Gasteiger partial charge in [0.25, 0.3) is 0 Å². The van der Waals surface area contributed by atoms with Crippen LogP contribution in [0.4, 0.5) is 13.2 Å². The Kier molecular flexibility index (Phi) is 35.4. The second-order valence-corrected chi connectivity index (χ2v) is 35.1. The molecular formula is C90H127Cl2F3O9. The van der Waals surface area contributed by atoms with E-state index in [1.54, 1.807) is 66.7 Å². The van der Waals surface area contributed by atoms with Gasteiger partial charge in [0.05, 0.1) is 51.2 Å². The predicted molar refractivity (Wildman–Crippen MR) is 435 cm³/mol. The van der Waals surface area contributed by atoms with E-state index in [1.165, 1.54) is 57.1 Å². The Hall–Kier alpha value is -7.67. The standard InChI is InChI=1S/C12H15F3.2C12H18O2.2C12H18O.C10H12Cl2.C10H14O2.C10H14O/c1-8-5-9(11(2,3)4)7-10(6-8)12(13,14)15;1-8-6-9(12(2,3)4)7-10(14-5)11(8)13;1-12(2,3)10-8-9(13-4)6-7-11(10)14-5;1-9-6-10(12(2,3)4)8-11(7-9)13-5;1-9-7-6-8-10(11(9)13-5)12(2,3)4;1-10(2,3)7-4-5-8(11)9(12)6-7;1-10(2,3)8-5-4-7(11)6-9(8)12;1-10(2,3)8-6-4-5-7-9(8)11/h5-7H,1-4H3;6-7,13H,1-5H3;6-8H,1-5H3;2*6-8H,1-5H3;4-6H,1-3H3;4-6,11-12H,1-3H3;4-7,11H,1-3H3. The van der Waals surface area contributed by atoms with Crippen molar-refractivity contribution >= 4 is 23.2 Å². The smallest absolute Gasteiger partial charge is 0.416 e. The summed E-state index contributed by atoms with van der Waals surface area (Å²) >= 11 is 11.7. The van der Waals surface area contributed by atoms with Gasteiger partial charge in [0.15, 0.2) is 11.5 Å². The zero-order chi connectivity index (χ0) is 80.9. The van der Waals surface area contributed by atoms with Crippen LogP contribution in [0, 0.1) is 27.7 Å². The third-order valence-electron chi connectivity index (χ3n) is 16.5. The van der Waals surface area contributed by atoms with Crippen molar-refractivity contribution in [3.8, 4) is 51.7 Å². The van der Waals surface area contributed by atoms with Crippen molar-refractivity contribution in [2.75, 3.05) is 35.5 Å². The number of aromatic hydroxyl groups is 4. The molecule has 0 saturated heterocycles. The molecule has 0 aliphatic carbocycles. The van der Waals surface area contributed by atoms with Gasteiger partial charge >= 0.3 is 6.18 Å². The molecule has 4 N–H and O–H groups in total. The van der Waals surface area contributed by atoms with Crippen molar-refractivity contribution in [1.82, 2.24) is 0 Å². The summed E-state index contributed by atoms with van der Waals surface area (Å²) in [6.07, 6.45) is -4.26. The number of phenols is 4. The summed E-state index contributed by atoms with van der Waals surface area (Å²) in [7, 11) is 8.38. The highest BCUT2D eigenvalue weighted by molar-refractivity contribution is 6.42. The van der Waals surface area contributed by atoms with E-state index in [-0.39, 0.29) is 60.6 Å². The largest absolute Gasteiger partial charge is 0.508 e. The second kappa shape index (κ2) is 39.1. The van der Waals surface area contributed by atoms with Crippen molar-refractivity contribution in [2.45, 2.75) is 243 Å². The highest BCUT2D eigenvalue weighted by Crippen LogP contribution is 2.40. The normalized spacial score (nSPS) is 11.7. The van der Waals surface area contributed by atoms with Crippen LogP contribution in [-0.4, -0.2) is 56.0 Å². The summed E-state index contributed by atoms with van der Waals surface area (Å²) in [5.41, 5.74) is 12.4. The highest BCUT2D eigenvalue weighted by atomic mass is 35.5. The number of benzene rings is 8. The summed E-state index contributed by atoms with van der Waals surface area (Å²) in [6.45, 7) is 58.3. The van der Waals surface area contributed by atoms with Crippen molar-refractivity contribution in [1.29, 1.82) is 0 Å². The number of phenolic OH excluding ortho intramolecular Hbond substituents is 4. The Morgan fingerprint density at radius 2 is 0.740 bits per heavy atom. The molecule has 0 radical (unpaired) electrons. The zero-order valence-electron chi connectivity index (χ0n) is 69.1. The van der Waals surface area contributed by atoms with Gasteiger partial charge in [-0.1, -0.05) is 262 Å². The lowest BCUT2D eigenvalue weighted by atomic mass is 9.85. The lowest BCUT2D eigenvalue weighted by Gasteiger charge is -2.23. The maximum absolute atomic E-state index is 12.5. The van der Waals surface area contributed by atoms with Gasteiger partial charge in [-0.15, -0.1) is 0 Å². The third kappa shape index (κ3) is 32.0. The van der Waals surface area contributed by atoms with E-state index in [2.05, 4.69) is 175 Å². The summed E-state index contributed by atoms with van der Waals surface area (Å²) < 4.78 is 63.9. The lowest BCUT2D eigenvalue weighted by Crippen LogP contribution is -2.14. The van der Waals surface area contributed by atoms with E-state index in [9.17, 15) is 28.5 Å². The molecule has 0 spiro atoms. The predicted octanol–water partition coefficient (Wildman–Crippen LogP) is 26.3. The molecule has 0 amide bonds. The first kappa shape index (κ1) is 94.3. The average molecular weight is 1480 g/mol. The maximum Gasteiger partial charge on any atom is 0.416 e. The number of hydrogen-bond donors (Lipinski definition) is 4. The van der Waals surface area contributed by atoms with Crippen LogP contribution in [0.3, 0.4) is 0 Å². The number of alkyl halides is 3. The van der Waals surface area contributed by atoms with E-state index in [1.807, 2.05) is 115 Å². The molecule has 0 fully saturated rings. The van der Waals surface area contributed by atoms with Crippen LogP contribution in [-0.2, 0) is 49.5 Å². The Labute approximate surface area is 635 Å². The first-order chi connectivity index (χ1) is 47.2. The number of methoxy groups -OCH3 is 5. The van der Waals surface area contributed by atoms with Gasteiger partial charge in [0.1, 0.15) is 40.2 Å². The minimum Gasteiger partial charge on any atom is -0.508 e. The average Bonchev–Trinajstić information content (AvgIpc) is 0.817. The number of halogens is 5. The quantitative estimate of drug-likeness (QED) is 0.133. The molecule has 576 valence electrons. The van der Waals surface area contributed by atoms with E-state index in [4.69, 9.17) is 52.0 Å². The SMILES string of the molecule is CC(C)(C)c1ccc(Cl)c(Cl)c1.CC(C)(C)c1ccc(O)cc1O.CC(C)(C)c1ccccc1O.COc1c(C)cccc1C(C)(C)C.COc1cc(C(C)(C)C)cc(C)c1O.COc1cc(C)cc(C(C)(C)C)c1.COc1ccc(OC)c(C(C)(C)C)c1.Cc1cc(C(C)(C)C)cc(C(F)(F)F)c1. The molecule has 0 heterocycles.